The maximum absolute atomic E-state index is 5.26. The van der Waals surface area contributed by atoms with Gasteiger partial charge in [-0.05, 0) is 20.3 Å². The van der Waals surface area contributed by atoms with Crippen LogP contribution in [0.25, 0.3) is 0 Å². The highest BCUT2D eigenvalue weighted by molar-refractivity contribution is 5.28. The summed E-state index contributed by atoms with van der Waals surface area (Å²) in [6.45, 7) is 6.48. The fourth-order valence-electron chi connectivity index (χ4n) is 1.60. The minimum Gasteiger partial charge on any atom is -0.385 e. The van der Waals surface area contributed by atoms with Gasteiger partial charge < -0.3 is 19.4 Å². The second kappa shape index (κ2) is 7.29. The Morgan fingerprint density at radius 1 is 1.47 bits per heavy atom. The summed E-state index contributed by atoms with van der Waals surface area (Å²) >= 11 is 0. The van der Waals surface area contributed by atoms with Crippen LogP contribution in [0.5, 0.6) is 0 Å². The Kier molecular flexibility index (Phi) is 6.00. The van der Waals surface area contributed by atoms with Crippen LogP contribution in [-0.2, 0) is 16.0 Å². The highest BCUT2D eigenvalue weighted by Crippen LogP contribution is 2.10. The summed E-state index contributed by atoms with van der Waals surface area (Å²) in [7, 11) is 3.44. The van der Waals surface area contributed by atoms with E-state index in [0.717, 1.165) is 37.8 Å². The second-order valence-electron chi connectivity index (χ2n) is 4.18. The standard InChI is InChI=1S/C12H23N3O2/c1-10-8-15(9-11(2)17-4)12(14-10)13-6-5-7-16-3/h8,11H,5-7,9H2,1-4H3,(H,13,14). The van der Waals surface area contributed by atoms with Gasteiger partial charge in [0, 0.05) is 33.6 Å². The summed E-state index contributed by atoms with van der Waals surface area (Å²) in [4.78, 5) is 4.45. The number of methoxy groups -OCH3 is 2. The van der Waals surface area contributed by atoms with Crippen molar-refractivity contribution in [2.24, 2.45) is 0 Å². The van der Waals surface area contributed by atoms with E-state index in [9.17, 15) is 0 Å². The predicted octanol–water partition coefficient (Wildman–Crippen LogP) is 1.67. The monoisotopic (exact) mass is 241 g/mol. The zero-order valence-corrected chi connectivity index (χ0v) is 11.2. The van der Waals surface area contributed by atoms with Crippen LogP contribution in [-0.4, -0.2) is 43.0 Å². The second-order valence-corrected chi connectivity index (χ2v) is 4.18. The van der Waals surface area contributed by atoms with Gasteiger partial charge in [-0.25, -0.2) is 4.98 Å². The van der Waals surface area contributed by atoms with Crippen molar-refractivity contribution in [1.82, 2.24) is 9.55 Å². The van der Waals surface area contributed by atoms with Gasteiger partial charge >= 0.3 is 0 Å². The van der Waals surface area contributed by atoms with E-state index in [4.69, 9.17) is 9.47 Å². The molecular weight excluding hydrogens is 218 g/mol. The molecule has 0 aliphatic carbocycles. The van der Waals surface area contributed by atoms with Crippen LogP contribution < -0.4 is 5.32 Å². The number of nitrogens with one attached hydrogen (secondary N) is 1. The molecule has 0 bridgehead atoms. The molecule has 1 N–H and O–H groups in total. The van der Waals surface area contributed by atoms with Crippen molar-refractivity contribution in [1.29, 1.82) is 0 Å². The van der Waals surface area contributed by atoms with E-state index in [-0.39, 0.29) is 6.10 Å². The van der Waals surface area contributed by atoms with Gasteiger partial charge in [-0.3, -0.25) is 0 Å². The van der Waals surface area contributed by atoms with E-state index in [0.29, 0.717) is 0 Å². The Bertz CT molecular complexity index is 326. The van der Waals surface area contributed by atoms with Gasteiger partial charge in [-0.1, -0.05) is 0 Å². The lowest BCUT2D eigenvalue weighted by molar-refractivity contribution is 0.104. The Labute approximate surface area is 103 Å². The Hall–Kier alpha value is -1.07. The molecule has 0 aliphatic heterocycles. The maximum Gasteiger partial charge on any atom is 0.203 e. The molecule has 0 saturated carbocycles. The van der Waals surface area contributed by atoms with E-state index >= 15 is 0 Å². The zero-order chi connectivity index (χ0) is 12.7. The molecule has 1 unspecified atom stereocenters. The van der Waals surface area contributed by atoms with Crippen LogP contribution in [0.1, 0.15) is 19.0 Å². The fourth-order valence-corrected chi connectivity index (χ4v) is 1.60. The molecule has 0 fully saturated rings. The topological polar surface area (TPSA) is 48.3 Å². The lowest BCUT2D eigenvalue weighted by atomic mass is 10.4. The average molecular weight is 241 g/mol. The number of hydrogen-bond acceptors (Lipinski definition) is 4. The van der Waals surface area contributed by atoms with E-state index in [2.05, 4.69) is 14.9 Å². The van der Waals surface area contributed by atoms with Gasteiger partial charge in [0.15, 0.2) is 0 Å². The number of hydrogen-bond donors (Lipinski definition) is 1. The first-order valence-electron chi connectivity index (χ1n) is 5.96. The van der Waals surface area contributed by atoms with Crippen LogP contribution in [0.4, 0.5) is 5.95 Å². The van der Waals surface area contributed by atoms with E-state index in [1.807, 2.05) is 20.0 Å². The van der Waals surface area contributed by atoms with Crippen LogP contribution in [0.2, 0.25) is 0 Å². The van der Waals surface area contributed by atoms with Crippen molar-refractivity contribution in [3.8, 4) is 0 Å². The molecule has 5 nitrogen and oxygen atoms in total. The van der Waals surface area contributed by atoms with Crippen molar-refractivity contribution < 1.29 is 9.47 Å². The van der Waals surface area contributed by atoms with E-state index < -0.39 is 0 Å². The molecule has 1 heterocycles. The van der Waals surface area contributed by atoms with Crippen LogP contribution in [0.3, 0.4) is 0 Å². The molecule has 0 aromatic carbocycles. The minimum absolute atomic E-state index is 0.183. The Morgan fingerprint density at radius 2 is 2.24 bits per heavy atom. The lowest BCUT2D eigenvalue weighted by Crippen LogP contribution is -2.17. The fraction of sp³-hybridized carbons (Fsp3) is 0.750. The molecule has 0 saturated heterocycles. The zero-order valence-electron chi connectivity index (χ0n) is 11.2. The minimum atomic E-state index is 0.183. The molecular formula is C12H23N3O2. The van der Waals surface area contributed by atoms with Crippen molar-refractivity contribution in [3.05, 3.63) is 11.9 Å². The van der Waals surface area contributed by atoms with Crippen molar-refractivity contribution >= 4 is 5.95 Å². The normalized spacial score (nSPS) is 12.7. The molecule has 0 radical (unpaired) electrons. The van der Waals surface area contributed by atoms with Gasteiger partial charge in [0.2, 0.25) is 5.95 Å². The summed E-state index contributed by atoms with van der Waals surface area (Å²) in [6, 6.07) is 0. The number of aromatic nitrogens is 2. The first-order chi connectivity index (χ1) is 8.17. The summed E-state index contributed by atoms with van der Waals surface area (Å²) in [5.74, 6) is 0.905. The smallest absolute Gasteiger partial charge is 0.203 e. The highest BCUT2D eigenvalue weighted by Gasteiger charge is 2.08. The predicted molar refractivity (Wildman–Crippen MR) is 68.4 cm³/mol. The molecule has 1 aromatic heterocycles. The van der Waals surface area contributed by atoms with Crippen LogP contribution in [0, 0.1) is 6.92 Å². The van der Waals surface area contributed by atoms with Crippen molar-refractivity contribution in [3.63, 3.8) is 0 Å². The third-order valence-corrected chi connectivity index (χ3v) is 2.56. The summed E-state index contributed by atoms with van der Waals surface area (Å²) in [6.07, 6.45) is 3.19. The summed E-state index contributed by atoms with van der Waals surface area (Å²) in [5, 5.41) is 3.31. The Balaban J connectivity index is 2.51. The van der Waals surface area contributed by atoms with Crippen molar-refractivity contribution in [2.75, 3.05) is 32.7 Å². The third-order valence-electron chi connectivity index (χ3n) is 2.56. The Morgan fingerprint density at radius 3 is 2.88 bits per heavy atom. The summed E-state index contributed by atoms with van der Waals surface area (Å²) in [5.41, 5.74) is 1.02. The lowest BCUT2D eigenvalue weighted by Gasteiger charge is -2.13. The SMILES string of the molecule is COCCCNc1nc(C)cn1CC(C)OC. The molecule has 1 aromatic rings. The quantitative estimate of drug-likeness (QED) is 0.703. The van der Waals surface area contributed by atoms with Crippen LogP contribution in [0.15, 0.2) is 6.20 Å². The van der Waals surface area contributed by atoms with Gasteiger partial charge in [-0.15, -0.1) is 0 Å². The number of anilines is 1. The van der Waals surface area contributed by atoms with E-state index in [1.54, 1.807) is 14.2 Å². The first kappa shape index (κ1) is 14.0. The largest absolute Gasteiger partial charge is 0.385 e. The van der Waals surface area contributed by atoms with Gasteiger partial charge in [-0.2, -0.15) is 0 Å². The first-order valence-corrected chi connectivity index (χ1v) is 5.96. The highest BCUT2D eigenvalue weighted by atomic mass is 16.5. The van der Waals surface area contributed by atoms with Gasteiger partial charge in [0.25, 0.3) is 0 Å². The van der Waals surface area contributed by atoms with Crippen molar-refractivity contribution in [2.45, 2.75) is 32.9 Å². The van der Waals surface area contributed by atoms with Gasteiger partial charge in [0.1, 0.15) is 0 Å². The maximum atomic E-state index is 5.26. The van der Waals surface area contributed by atoms with Crippen LogP contribution >= 0.6 is 0 Å². The third kappa shape index (κ3) is 4.75. The molecule has 1 rings (SSSR count). The van der Waals surface area contributed by atoms with Gasteiger partial charge in [0.05, 0.1) is 18.3 Å². The molecule has 17 heavy (non-hydrogen) atoms. The molecule has 0 spiro atoms. The number of ether oxygens (including phenoxy) is 2. The molecule has 98 valence electrons. The molecule has 5 heteroatoms. The van der Waals surface area contributed by atoms with E-state index in [1.165, 1.54) is 0 Å². The average Bonchev–Trinajstić information content (AvgIpc) is 2.65. The number of rotatable bonds is 8. The number of aryl methyl sites for hydroxylation is 1. The number of nitrogens with zero attached hydrogens (tertiary/aromatic N) is 2. The molecule has 0 amide bonds. The molecule has 1 atom stereocenters. The number of imidazole rings is 1. The molecule has 0 aliphatic rings. The summed E-state index contributed by atoms with van der Waals surface area (Å²) < 4.78 is 12.4.